The van der Waals surface area contributed by atoms with Crippen LogP contribution in [0.15, 0.2) is 54.2 Å². The molecule has 0 unspecified atom stereocenters. The average Bonchev–Trinajstić information content (AvgIpc) is 3.10. The van der Waals surface area contributed by atoms with Crippen LogP contribution < -0.4 is 0 Å². The van der Waals surface area contributed by atoms with Gasteiger partial charge in [-0.1, -0.05) is 6.07 Å². The minimum absolute atomic E-state index is 0.0312. The van der Waals surface area contributed by atoms with Gasteiger partial charge in [0.25, 0.3) is 5.91 Å². The minimum atomic E-state index is -0.293. The predicted molar refractivity (Wildman–Crippen MR) is 96.8 cm³/mol. The lowest BCUT2D eigenvalue weighted by Crippen LogP contribution is -2.36. The minimum Gasteiger partial charge on any atom is -0.330 e. The van der Waals surface area contributed by atoms with Crippen molar-refractivity contribution in [2.24, 2.45) is 0 Å². The quantitative estimate of drug-likeness (QED) is 0.682. The van der Waals surface area contributed by atoms with Crippen LogP contribution in [-0.2, 0) is 6.54 Å². The van der Waals surface area contributed by atoms with Crippen LogP contribution in [0.1, 0.15) is 29.9 Å². The first-order chi connectivity index (χ1) is 12.0. The van der Waals surface area contributed by atoms with E-state index in [1.54, 1.807) is 34.8 Å². The number of benzene rings is 1. The van der Waals surface area contributed by atoms with E-state index in [1.165, 1.54) is 23.5 Å². The predicted octanol–water partition coefficient (Wildman–Crippen LogP) is 4.40. The Labute approximate surface area is 150 Å². The van der Waals surface area contributed by atoms with E-state index >= 15 is 0 Å². The molecule has 0 aliphatic carbocycles. The van der Waals surface area contributed by atoms with Gasteiger partial charge in [0.05, 0.1) is 0 Å². The molecule has 1 aromatic carbocycles. The highest BCUT2D eigenvalue weighted by molar-refractivity contribution is 7.13. The van der Waals surface area contributed by atoms with E-state index in [-0.39, 0.29) is 17.8 Å². The standard InChI is InChI=1S/C19H18FN3OS/c1-13(2)23(11-14-4-3-9-21-10-14)19(24)17-12-25-18(22-17)15-5-7-16(20)8-6-15/h3-10,12-13H,11H2,1-2H3. The Morgan fingerprint density at radius 2 is 2.00 bits per heavy atom. The summed E-state index contributed by atoms with van der Waals surface area (Å²) in [4.78, 5) is 23.2. The van der Waals surface area contributed by atoms with Crippen LogP contribution in [-0.4, -0.2) is 26.8 Å². The third kappa shape index (κ3) is 4.09. The zero-order chi connectivity index (χ0) is 17.8. The Bertz CT molecular complexity index is 847. The number of carbonyl (C=O) groups is 1. The number of hydrogen-bond donors (Lipinski definition) is 0. The molecule has 0 saturated heterocycles. The third-order valence-electron chi connectivity index (χ3n) is 3.77. The lowest BCUT2D eigenvalue weighted by Gasteiger charge is -2.26. The molecule has 0 radical (unpaired) electrons. The Morgan fingerprint density at radius 3 is 2.64 bits per heavy atom. The van der Waals surface area contributed by atoms with Crippen LogP contribution in [0.2, 0.25) is 0 Å². The Balaban J connectivity index is 1.82. The molecule has 0 spiro atoms. The van der Waals surface area contributed by atoms with E-state index < -0.39 is 0 Å². The topological polar surface area (TPSA) is 46.1 Å². The van der Waals surface area contributed by atoms with Crippen molar-refractivity contribution in [2.45, 2.75) is 26.4 Å². The van der Waals surface area contributed by atoms with E-state index in [1.807, 2.05) is 26.0 Å². The van der Waals surface area contributed by atoms with Crippen molar-refractivity contribution in [2.75, 3.05) is 0 Å². The first kappa shape index (κ1) is 17.2. The van der Waals surface area contributed by atoms with Gasteiger partial charge in [-0.15, -0.1) is 11.3 Å². The van der Waals surface area contributed by atoms with Crippen molar-refractivity contribution in [3.63, 3.8) is 0 Å². The SMILES string of the molecule is CC(C)N(Cc1cccnc1)C(=O)c1csc(-c2ccc(F)cc2)n1. The van der Waals surface area contributed by atoms with Crippen molar-refractivity contribution < 1.29 is 9.18 Å². The Kier molecular flexibility index (Phi) is 5.19. The second kappa shape index (κ2) is 7.53. The normalized spacial score (nSPS) is 10.9. The van der Waals surface area contributed by atoms with Crippen LogP contribution in [0.3, 0.4) is 0 Å². The molecule has 3 aromatic rings. The molecule has 4 nitrogen and oxygen atoms in total. The summed E-state index contributed by atoms with van der Waals surface area (Å²) in [6.07, 6.45) is 3.47. The summed E-state index contributed by atoms with van der Waals surface area (Å²) in [6.45, 7) is 4.43. The zero-order valence-corrected chi connectivity index (χ0v) is 14.8. The summed E-state index contributed by atoms with van der Waals surface area (Å²) >= 11 is 1.38. The maximum Gasteiger partial charge on any atom is 0.273 e. The second-order valence-electron chi connectivity index (χ2n) is 5.93. The molecule has 0 aliphatic rings. The van der Waals surface area contributed by atoms with Crippen molar-refractivity contribution in [1.29, 1.82) is 0 Å². The summed E-state index contributed by atoms with van der Waals surface area (Å²) in [5.74, 6) is -0.414. The fraction of sp³-hybridized carbons (Fsp3) is 0.211. The molecule has 0 atom stereocenters. The van der Waals surface area contributed by atoms with Gasteiger partial charge in [-0.25, -0.2) is 9.37 Å². The number of rotatable bonds is 5. The first-order valence-electron chi connectivity index (χ1n) is 7.96. The van der Waals surface area contributed by atoms with Crippen molar-refractivity contribution in [3.05, 3.63) is 71.2 Å². The average molecular weight is 355 g/mol. The summed E-state index contributed by atoms with van der Waals surface area (Å²) in [5, 5.41) is 2.45. The van der Waals surface area contributed by atoms with Gasteiger partial charge >= 0.3 is 0 Å². The van der Waals surface area contributed by atoms with Gasteiger partial charge in [0.1, 0.15) is 16.5 Å². The first-order valence-corrected chi connectivity index (χ1v) is 8.84. The summed E-state index contributed by atoms with van der Waals surface area (Å²) < 4.78 is 13.1. The molecule has 0 aliphatic heterocycles. The van der Waals surface area contributed by atoms with E-state index in [0.717, 1.165) is 11.1 Å². The fourth-order valence-electron chi connectivity index (χ4n) is 2.42. The van der Waals surface area contributed by atoms with Crippen molar-refractivity contribution in [3.8, 4) is 10.6 Å². The number of carbonyl (C=O) groups excluding carboxylic acids is 1. The van der Waals surface area contributed by atoms with Gasteiger partial charge in [0.15, 0.2) is 0 Å². The Morgan fingerprint density at radius 1 is 1.24 bits per heavy atom. The van der Waals surface area contributed by atoms with Gasteiger partial charge in [-0.3, -0.25) is 9.78 Å². The maximum absolute atomic E-state index is 13.1. The van der Waals surface area contributed by atoms with Crippen LogP contribution >= 0.6 is 11.3 Å². The number of thiazole rings is 1. The highest BCUT2D eigenvalue weighted by atomic mass is 32.1. The molecule has 0 bridgehead atoms. The number of hydrogen-bond acceptors (Lipinski definition) is 4. The van der Waals surface area contributed by atoms with Gasteiger partial charge in [-0.05, 0) is 49.7 Å². The molecule has 0 fully saturated rings. The largest absolute Gasteiger partial charge is 0.330 e. The lowest BCUT2D eigenvalue weighted by atomic mass is 10.2. The van der Waals surface area contributed by atoms with Gasteiger partial charge in [-0.2, -0.15) is 0 Å². The maximum atomic E-state index is 13.1. The highest BCUT2D eigenvalue weighted by Crippen LogP contribution is 2.25. The van der Waals surface area contributed by atoms with E-state index in [4.69, 9.17) is 0 Å². The molecule has 6 heteroatoms. The molecular weight excluding hydrogens is 337 g/mol. The van der Waals surface area contributed by atoms with Gasteiger partial charge in [0, 0.05) is 35.9 Å². The van der Waals surface area contributed by atoms with Crippen molar-refractivity contribution >= 4 is 17.2 Å². The van der Waals surface area contributed by atoms with Gasteiger partial charge in [0.2, 0.25) is 0 Å². The molecular formula is C19H18FN3OS. The number of nitrogens with zero attached hydrogens (tertiary/aromatic N) is 3. The summed E-state index contributed by atoms with van der Waals surface area (Å²) in [5.41, 5.74) is 2.18. The van der Waals surface area contributed by atoms with Crippen LogP contribution in [0.25, 0.3) is 10.6 Å². The van der Waals surface area contributed by atoms with E-state index in [0.29, 0.717) is 17.2 Å². The number of amides is 1. The number of pyridine rings is 1. The van der Waals surface area contributed by atoms with Crippen LogP contribution in [0.4, 0.5) is 4.39 Å². The summed E-state index contributed by atoms with van der Waals surface area (Å²) in [6, 6.07) is 9.94. The van der Waals surface area contributed by atoms with Crippen molar-refractivity contribution in [1.82, 2.24) is 14.9 Å². The molecule has 0 saturated carbocycles. The monoisotopic (exact) mass is 355 g/mol. The van der Waals surface area contributed by atoms with Crippen LogP contribution in [0, 0.1) is 5.82 Å². The number of halogens is 1. The smallest absolute Gasteiger partial charge is 0.273 e. The Hall–Kier alpha value is -2.60. The fourth-order valence-corrected chi connectivity index (χ4v) is 3.22. The van der Waals surface area contributed by atoms with E-state index in [2.05, 4.69) is 9.97 Å². The van der Waals surface area contributed by atoms with Gasteiger partial charge < -0.3 is 4.90 Å². The molecule has 3 rings (SSSR count). The highest BCUT2D eigenvalue weighted by Gasteiger charge is 2.22. The molecule has 0 N–H and O–H groups in total. The van der Waals surface area contributed by atoms with E-state index in [9.17, 15) is 9.18 Å². The number of aromatic nitrogens is 2. The molecule has 128 valence electrons. The van der Waals surface area contributed by atoms with Crippen LogP contribution in [0.5, 0.6) is 0 Å². The lowest BCUT2D eigenvalue weighted by molar-refractivity contribution is 0.0685. The summed E-state index contributed by atoms with van der Waals surface area (Å²) in [7, 11) is 0. The molecule has 2 heterocycles. The molecule has 25 heavy (non-hydrogen) atoms. The second-order valence-corrected chi connectivity index (χ2v) is 6.79. The molecule has 2 aromatic heterocycles. The third-order valence-corrected chi connectivity index (χ3v) is 4.67. The zero-order valence-electron chi connectivity index (χ0n) is 14.0. The molecule has 1 amide bonds.